The van der Waals surface area contributed by atoms with Crippen molar-refractivity contribution in [1.29, 1.82) is 0 Å². The van der Waals surface area contributed by atoms with E-state index in [-0.39, 0.29) is 11.7 Å². The number of amides is 1. The summed E-state index contributed by atoms with van der Waals surface area (Å²) in [5, 5.41) is 11.5. The van der Waals surface area contributed by atoms with E-state index in [1.807, 2.05) is 6.07 Å². The first-order valence-electron chi connectivity index (χ1n) is 6.48. The van der Waals surface area contributed by atoms with Crippen LogP contribution in [0.3, 0.4) is 0 Å². The SMILES string of the molecule is CN(C(=O)CCc1ccco1)c1ccc(C(N)=NO)cc1. The summed E-state index contributed by atoms with van der Waals surface area (Å²) >= 11 is 0. The van der Waals surface area contributed by atoms with Gasteiger partial charge in [0.25, 0.3) is 0 Å². The third kappa shape index (κ3) is 3.62. The number of hydrogen-bond acceptors (Lipinski definition) is 4. The zero-order valence-electron chi connectivity index (χ0n) is 11.7. The molecule has 0 bridgehead atoms. The standard InChI is InChI=1S/C15H17N3O3/c1-18(14(19)9-8-13-3-2-10-21-13)12-6-4-11(5-7-12)15(16)17-20/h2-7,10,20H,8-9H2,1H3,(H2,16,17). The Morgan fingerprint density at radius 2 is 2.05 bits per heavy atom. The maximum absolute atomic E-state index is 12.1. The molecule has 0 unspecified atom stereocenters. The van der Waals surface area contributed by atoms with Gasteiger partial charge in [0.05, 0.1) is 6.26 Å². The van der Waals surface area contributed by atoms with Crippen molar-refractivity contribution in [2.75, 3.05) is 11.9 Å². The zero-order valence-corrected chi connectivity index (χ0v) is 11.7. The van der Waals surface area contributed by atoms with Crippen LogP contribution in [0.2, 0.25) is 0 Å². The zero-order chi connectivity index (χ0) is 15.2. The molecule has 0 fully saturated rings. The highest BCUT2D eigenvalue weighted by Crippen LogP contribution is 2.15. The van der Waals surface area contributed by atoms with Crippen LogP contribution in [0.25, 0.3) is 0 Å². The summed E-state index contributed by atoms with van der Waals surface area (Å²) in [5.41, 5.74) is 6.83. The second kappa shape index (κ2) is 6.60. The van der Waals surface area contributed by atoms with Gasteiger partial charge in [-0.15, -0.1) is 0 Å². The summed E-state index contributed by atoms with van der Waals surface area (Å²) < 4.78 is 5.20. The molecule has 6 heteroatoms. The lowest BCUT2D eigenvalue weighted by molar-refractivity contribution is -0.118. The van der Waals surface area contributed by atoms with Crippen LogP contribution in [-0.2, 0) is 11.2 Å². The van der Waals surface area contributed by atoms with Gasteiger partial charge in [0.1, 0.15) is 5.76 Å². The van der Waals surface area contributed by atoms with Crippen molar-refractivity contribution in [2.24, 2.45) is 10.9 Å². The number of oxime groups is 1. The molecule has 2 aromatic rings. The number of nitrogens with zero attached hydrogens (tertiary/aromatic N) is 2. The van der Waals surface area contributed by atoms with Gasteiger partial charge in [0.2, 0.25) is 5.91 Å². The third-order valence-corrected chi connectivity index (χ3v) is 3.20. The molecule has 1 amide bonds. The van der Waals surface area contributed by atoms with Crippen LogP contribution in [0.15, 0.2) is 52.2 Å². The predicted octanol–water partition coefficient (Wildman–Crippen LogP) is 1.97. The Morgan fingerprint density at radius 1 is 1.33 bits per heavy atom. The van der Waals surface area contributed by atoms with Crippen molar-refractivity contribution < 1.29 is 14.4 Å². The number of rotatable bonds is 5. The maximum atomic E-state index is 12.1. The number of aryl methyl sites for hydroxylation is 1. The molecule has 3 N–H and O–H groups in total. The minimum Gasteiger partial charge on any atom is -0.469 e. The van der Waals surface area contributed by atoms with E-state index >= 15 is 0 Å². The van der Waals surface area contributed by atoms with E-state index in [0.717, 1.165) is 11.4 Å². The Morgan fingerprint density at radius 3 is 2.62 bits per heavy atom. The number of carbonyl (C=O) groups excluding carboxylic acids is 1. The Labute approximate surface area is 122 Å². The average Bonchev–Trinajstić information content (AvgIpc) is 3.04. The highest BCUT2D eigenvalue weighted by molar-refractivity contribution is 5.98. The average molecular weight is 287 g/mol. The Kier molecular flexibility index (Phi) is 4.61. The molecule has 1 heterocycles. The van der Waals surface area contributed by atoms with Crippen LogP contribution in [-0.4, -0.2) is 24.0 Å². The van der Waals surface area contributed by atoms with E-state index in [2.05, 4.69) is 5.16 Å². The smallest absolute Gasteiger partial charge is 0.227 e. The number of benzene rings is 1. The molecule has 6 nitrogen and oxygen atoms in total. The van der Waals surface area contributed by atoms with Crippen LogP contribution in [0.1, 0.15) is 17.7 Å². The Hall–Kier alpha value is -2.76. The first-order chi connectivity index (χ1) is 10.1. The topological polar surface area (TPSA) is 92.1 Å². The normalized spacial score (nSPS) is 11.4. The van der Waals surface area contributed by atoms with E-state index in [4.69, 9.17) is 15.4 Å². The van der Waals surface area contributed by atoms with E-state index in [9.17, 15) is 4.79 Å². The van der Waals surface area contributed by atoms with Gasteiger partial charge in [0.15, 0.2) is 5.84 Å². The molecule has 2 rings (SSSR count). The first-order valence-corrected chi connectivity index (χ1v) is 6.48. The summed E-state index contributed by atoms with van der Waals surface area (Å²) in [7, 11) is 1.71. The van der Waals surface area contributed by atoms with Crippen LogP contribution < -0.4 is 10.6 Å². The molecule has 110 valence electrons. The molecular formula is C15H17N3O3. The lowest BCUT2D eigenvalue weighted by atomic mass is 10.1. The monoisotopic (exact) mass is 287 g/mol. The van der Waals surface area contributed by atoms with Crippen molar-refractivity contribution in [1.82, 2.24) is 0 Å². The predicted molar refractivity (Wildman–Crippen MR) is 79.4 cm³/mol. The van der Waals surface area contributed by atoms with E-state index in [1.165, 1.54) is 0 Å². The number of furan rings is 1. The summed E-state index contributed by atoms with van der Waals surface area (Å²) in [4.78, 5) is 13.7. The molecule has 0 aliphatic rings. The molecule has 0 aliphatic carbocycles. The lowest BCUT2D eigenvalue weighted by Gasteiger charge is -2.17. The van der Waals surface area contributed by atoms with Crippen LogP contribution in [0.5, 0.6) is 0 Å². The Bertz CT molecular complexity index is 618. The number of anilines is 1. The molecular weight excluding hydrogens is 270 g/mol. The minimum atomic E-state index is -0.0112. The van der Waals surface area contributed by atoms with Crippen LogP contribution >= 0.6 is 0 Å². The highest BCUT2D eigenvalue weighted by Gasteiger charge is 2.12. The van der Waals surface area contributed by atoms with E-state index < -0.39 is 0 Å². The molecule has 1 aromatic heterocycles. The molecule has 0 saturated heterocycles. The van der Waals surface area contributed by atoms with Gasteiger partial charge in [-0.25, -0.2) is 0 Å². The molecule has 0 saturated carbocycles. The fourth-order valence-electron chi connectivity index (χ4n) is 1.91. The van der Waals surface area contributed by atoms with E-state index in [1.54, 1.807) is 48.5 Å². The van der Waals surface area contributed by atoms with Crippen LogP contribution in [0.4, 0.5) is 5.69 Å². The summed E-state index contributed by atoms with van der Waals surface area (Å²) in [6.45, 7) is 0. The van der Waals surface area contributed by atoms with E-state index in [0.29, 0.717) is 18.4 Å². The van der Waals surface area contributed by atoms with Crippen molar-refractivity contribution in [3.05, 3.63) is 54.0 Å². The van der Waals surface area contributed by atoms with Crippen molar-refractivity contribution in [3.63, 3.8) is 0 Å². The molecule has 21 heavy (non-hydrogen) atoms. The van der Waals surface area contributed by atoms with Gasteiger partial charge in [-0.05, 0) is 36.4 Å². The quantitative estimate of drug-likeness (QED) is 0.380. The highest BCUT2D eigenvalue weighted by atomic mass is 16.4. The van der Waals surface area contributed by atoms with Crippen LogP contribution in [0, 0.1) is 0 Å². The second-order valence-corrected chi connectivity index (χ2v) is 4.56. The van der Waals surface area contributed by atoms with Gasteiger partial charge in [-0.1, -0.05) is 5.16 Å². The third-order valence-electron chi connectivity index (χ3n) is 3.20. The number of hydrogen-bond donors (Lipinski definition) is 2. The fourth-order valence-corrected chi connectivity index (χ4v) is 1.91. The number of nitrogens with two attached hydrogens (primary N) is 1. The van der Waals surface area contributed by atoms with Crippen molar-refractivity contribution in [3.8, 4) is 0 Å². The van der Waals surface area contributed by atoms with Gasteiger partial charge in [-0.2, -0.15) is 0 Å². The van der Waals surface area contributed by atoms with Gasteiger partial charge >= 0.3 is 0 Å². The fraction of sp³-hybridized carbons (Fsp3) is 0.200. The molecule has 0 radical (unpaired) electrons. The molecule has 0 spiro atoms. The maximum Gasteiger partial charge on any atom is 0.227 e. The van der Waals surface area contributed by atoms with Gasteiger partial charge in [0, 0.05) is 31.1 Å². The molecule has 1 aromatic carbocycles. The van der Waals surface area contributed by atoms with Crippen molar-refractivity contribution >= 4 is 17.4 Å². The minimum absolute atomic E-state index is 0.0112. The summed E-state index contributed by atoms with van der Waals surface area (Å²) in [6.07, 6.45) is 2.53. The number of amidine groups is 1. The number of carbonyl (C=O) groups is 1. The summed E-state index contributed by atoms with van der Waals surface area (Å²) in [5.74, 6) is 0.815. The lowest BCUT2D eigenvalue weighted by Crippen LogP contribution is -2.26. The molecule has 0 aliphatic heterocycles. The van der Waals surface area contributed by atoms with Gasteiger partial charge in [-0.3, -0.25) is 4.79 Å². The molecule has 0 atom stereocenters. The second-order valence-electron chi connectivity index (χ2n) is 4.56. The first kappa shape index (κ1) is 14.6. The summed E-state index contributed by atoms with van der Waals surface area (Å²) in [6, 6.07) is 10.5. The van der Waals surface area contributed by atoms with Gasteiger partial charge < -0.3 is 20.3 Å². The Balaban J connectivity index is 1.98. The van der Waals surface area contributed by atoms with Crippen molar-refractivity contribution in [2.45, 2.75) is 12.8 Å². The largest absolute Gasteiger partial charge is 0.469 e.